The van der Waals surface area contributed by atoms with Crippen LogP contribution in [0.15, 0.2) is 6.33 Å². The van der Waals surface area contributed by atoms with Crippen molar-refractivity contribution in [2.45, 2.75) is 19.6 Å². The minimum absolute atomic E-state index is 0.826. The number of anilines is 1. The Labute approximate surface area is 102 Å². The molecule has 2 aromatic rings. The molecule has 2 aromatic heterocycles. The molecule has 17 heavy (non-hydrogen) atoms. The number of hydrogen-bond acceptors (Lipinski definition) is 7. The molecule has 0 aromatic carbocycles. The van der Waals surface area contributed by atoms with Crippen LogP contribution in [0.2, 0.25) is 0 Å². The molecule has 0 fully saturated rings. The molecule has 0 bridgehead atoms. The zero-order valence-corrected chi connectivity index (χ0v) is 10.3. The Morgan fingerprint density at radius 1 is 1.35 bits per heavy atom. The van der Waals surface area contributed by atoms with E-state index in [1.54, 1.807) is 17.7 Å². The smallest absolute Gasteiger partial charge is 0.205 e. The van der Waals surface area contributed by atoms with Crippen LogP contribution in [-0.4, -0.2) is 43.5 Å². The summed E-state index contributed by atoms with van der Waals surface area (Å²) in [5.74, 6) is 1.02. The van der Waals surface area contributed by atoms with Gasteiger partial charge in [0.05, 0.1) is 13.1 Å². The van der Waals surface area contributed by atoms with E-state index >= 15 is 0 Å². The van der Waals surface area contributed by atoms with Crippen LogP contribution in [-0.2, 0) is 19.6 Å². The van der Waals surface area contributed by atoms with E-state index in [0.29, 0.717) is 0 Å². The monoisotopic (exact) mass is 251 g/mol. The molecule has 0 radical (unpaired) electrons. The molecule has 1 aliphatic rings. The second-order valence-electron chi connectivity index (χ2n) is 3.90. The van der Waals surface area contributed by atoms with E-state index in [1.165, 1.54) is 0 Å². The van der Waals surface area contributed by atoms with Crippen molar-refractivity contribution in [1.82, 2.24) is 29.9 Å². The number of rotatable bonds is 3. The minimum atomic E-state index is 0.826. The van der Waals surface area contributed by atoms with Crippen LogP contribution in [0.5, 0.6) is 0 Å². The first-order chi connectivity index (χ1) is 8.35. The normalized spacial score (nSPS) is 15.8. The van der Waals surface area contributed by atoms with E-state index in [0.717, 1.165) is 42.1 Å². The maximum atomic E-state index is 4.15. The van der Waals surface area contributed by atoms with E-state index in [2.05, 4.69) is 35.2 Å². The molecular formula is C9H13N7S. The van der Waals surface area contributed by atoms with E-state index in [1.807, 2.05) is 7.05 Å². The summed E-state index contributed by atoms with van der Waals surface area (Å²) in [6.07, 6.45) is 1.79. The first-order valence-electron chi connectivity index (χ1n) is 5.44. The van der Waals surface area contributed by atoms with Crippen molar-refractivity contribution in [3.63, 3.8) is 0 Å². The molecule has 0 amide bonds. The standard InChI is InChI=1S/C9H13N7S/c1-10-9-14-13-8(17-9)5-15-2-3-16-6-11-12-7(16)4-15/h6H,2-5H2,1H3,(H,10,14). The topological polar surface area (TPSA) is 71.8 Å². The second-order valence-corrected chi connectivity index (χ2v) is 4.96. The molecular weight excluding hydrogens is 238 g/mol. The highest BCUT2D eigenvalue weighted by Crippen LogP contribution is 2.18. The van der Waals surface area contributed by atoms with Gasteiger partial charge in [-0.25, -0.2) is 0 Å². The van der Waals surface area contributed by atoms with Crippen molar-refractivity contribution in [2.75, 3.05) is 18.9 Å². The van der Waals surface area contributed by atoms with Gasteiger partial charge < -0.3 is 9.88 Å². The molecule has 0 saturated heterocycles. The maximum absolute atomic E-state index is 4.15. The lowest BCUT2D eigenvalue weighted by molar-refractivity contribution is 0.208. The van der Waals surface area contributed by atoms with E-state index in [-0.39, 0.29) is 0 Å². The van der Waals surface area contributed by atoms with Gasteiger partial charge in [-0.05, 0) is 0 Å². The van der Waals surface area contributed by atoms with Gasteiger partial charge in [-0.2, -0.15) is 0 Å². The minimum Gasteiger partial charge on any atom is -0.363 e. The summed E-state index contributed by atoms with van der Waals surface area (Å²) in [7, 11) is 1.85. The van der Waals surface area contributed by atoms with Gasteiger partial charge in [0, 0.05) is 20.1 Å². The molecule has 1 N–H and O–H groups in total. The van der Waals surface area contributed by atoms with Crippen LogP contribution in [0.1, 0.15) is 10.8 Å². The van der Waals surface area contributed by atoms with Gasteiger partial charge in [-0.1, -0.05) is 11.3 Å². The molecule has 0 aliphatic carbocycles. The summed E-state index contributed by atoms with van der Waals surface area (Å²) in [4.78, 5) is 2.31. The van der Waals surface area contributed by atoms with Crippen molar-refractivity contribution >= 4 is 16.5 Å². The van der Waals surface area contributed by atoms with Gasteiger partial charge in [-0.3, -0.25) is 4.90 Å². The van der Waals surface area contributed by atoms with Crippen LogP contribution in [0.3, 0.4) is 0 Å². The highest BCUT2D eigenvalue weighted by atomic mass is 32.1. The Kier molecular flexibility index (Phi) is 2.73. The molecule has 0 atom stereocenters. The number of nitrogens with zero attached hydrogens (tertiary/aromatic N) is 6. The molecule has 0 spiro atoms. The van der Waals surface area contributed by atoms with Crippen molar-refractivity contribution in [2.24, 2.45) is 0 Å². The number of hydrogen-bond donors (Lipinski definition) is 1. The molecule has 3 heterocycles. The summed E-state index contributed by atoms with van der Waals surface area (Å²) in [6.45, 7) is 3.60. The lowest BCUT2D eigenvalue weighted by atomic mass is 10.3. The Morgan fingerprint density at radius 3 is 3.12 bits per heavy atom. The summed E-state index contributed by atoms with van der Waals surface area (Å²) < 4.78 is 2.09. The third kappa shape index (κ3) is 2.13. The average molecular weight is 251 g/mol. The Balaban J connectivity index is 1.67. The van der Waals surface area contributed by atoms with Gasteiger partial charge >= 0.3 is 0 Å². The first kappa shape index (κ1) is 10.6. The molecule has 0 saturated carbocycles. The van der Waals surface area contributed by atoms with Crippen LogP contribution < -0.4 is 5.32 Å². The molecule has 90 valence electrons. The Bertz CT molecular complexity index is 505. The summed E-state index contributed by atoms with van der Waals surface area (Å²) in [5, 5.41) is 21.1. The number of nitrogens with one attached hydrogen (secondary N) is 1. The number of aromatic nitrogens is 5. The second kappa shape index (κ2) is 4.38. The molecule has 1 aliphatic heterocycles. The van der Waals surface area contributed by atoms with E-state index in [4.69, 9.17) is 0 Å². The molecule has 3 rings (SSSR count). The third-order valence-corrected chi connectivity index (χ3v) is 3.68. The third-order valence-electron chi connectivity index (χ3n) is 2.76. The Hall–Kier alpha value is -1.54. The summed E-state index contributed by atoms with van der Waals surface area (Å²) in [6, 6.07) is 0. The van der Waals surface area contributed by atoms with Crippen LogP contribution >= 0.6 is 11.3 Å². The maximum Gasteiger partial charge on any atom is 0.205 e. The number of fused-ring (bicyclic) bond motifs is 1. The largest absolute Gasteiger partial charge is 0.363 e. The van der Waals surface area contributed by atoms with Gasteiger partial charge in [0.15, 0.2) is 0 Å². The SMILES string of the molecule is CNc1nnc(CN2CCn3cnnc3C2)s1. The van der Waals surface area contributed by atoms with Crippen molar-refractivity contribution in [1.29, 1.82) is 0 Å². The van der Waals surface area contributed by atoms with Crippen LogP contribution in [0, 0.1) is 0 Å². The lowest BCUT2D eigenvalue weighted by Gasteiger charge is -2.25. The van der Waals surface area contributed by atoms with Crippen LogP contribution in [0.25, 0.3) is 0 Å². The fourth-order valence-corrected chi connectivity index (χ4v) is 2.60. The summed E-state index contributed by atoms with van der Waals surface area (Å²) >= 11 is 1.59. The van der Waals surface area contributed by atoms with Crippen LogP contribution in [0.4, 0.5) is 5.13 Å². The lowest BCUT2D eigenvalue weighted by Crippen LogP contribution is -2.33. The molecule has 8 heteroatoms. The predicted molar refractivity (Wildman–Crippen MR) is 63.6 cm³/mol. The Morgan fingerprint density at radius 2 is 2.29 bits per heavy atom. The fraction of sp³-hybridized carbons (Fsp3) is 0.556. The van der Waals surface area contributed by atoms with Gasteiger partial charge in [-0.15, -0.1) is 20.4 Å². The van der Waals surface area contributed by atoms with E-state index < -0.39 is 0 Å². The highest BCUT2D eigenvalue weighted by Gasteiger charge is 2.18. The van der Waals surface area contributed by atoms with E-state index in [9.17, 15) is 0 Å². The highest BCUT2D eigenvalue weighted by molar-refractivity contribution is 7.15. The van der Waals surface area contributed by atoms with Crippen molar-refractivity contribution in [3.05, 3.63) is 17.2 Å². The first-order valence-corrected chi connectivity index (χ1v) is 6.26. The zero-order chi connectivity index (χ0) is 11.7. The molecule has 7 nitrogen and oxygen atoms in total. The van der Waals surface area contributed by atoms with Crippen molar-refractivity contribution < 1.29 is 0 Å². The zero-order valence-electron chi connectivity index (χ0n) is 9.50. The predicted octanol–water partition coefficient (Wildman–Crippen LogP) is 0.187. The van der Waals surface area contributed by atoms with Gasteiger partial charge in [0.1, 0.15) is 17.2 Å². The van der Waals surface area contributed by atoms with Gasteiger partial charge in [0.2, 0.25) is 5.13 Å². The molecule has 0 unspecified atom stereocenters. The summed E-state index contributed by atoms with van der Waals surface area (Å²) in [5.41, 5.74) is 0. The average Bonchev–Trinajstić information content (AvgIpc) is 2.96. The fourth-order valence-electron chi connectivity index (χ4n) is 1.86. The van der Waals surface area contributed by atoms with Crippen molar-refractivity contribution in [3.8, 4) is 0 Å². The van der Waals surface area contributed by atoms with Gasteiger partial charge in [0.25, 0.3) is 0 Å². The quantitative estimate of drug-likeness (QED) is 0.839.